The monoisotopic (exact) mass is 287 g/mol. The molecule has 0 fully saturated rings. The molecule has 0 radical (unpaired) electrons. The van der Waals surface area contributed by atoms with E-state index in [1.807, 2.05) is 6.07 Å². The number of benzene rings is 1. The molecule has 1 heterocycles. The van der Waals surface area contributed by atoms with Gasteiger partial charge in [-0.25, -0.2) is 9.59 Å². The lowest BCUT2D eigenvalue weighted by molar-refractivity contribution is 0.0698. The van der Waals surface area contributed by atoms with Crippen molar-refractivity contribution in [3.05, 3.63) is 46.8 Å². The van der Waals surface area contributed by atoms with Crippen LogP contribution in [0.15, 0.2) is 35.7 Å². The summed E-state index contributed by atoms with van der Waals surface area (Å²) in [6.07, 6.45) is 0. The number of carbonyl (C=O) groups excluding carboxylic acids is 1. The first-order valence-corrected chi connectivity index (χ1v) is 6.37. The summed E-state index contributed by atoms with van der Waals surface area (Å²) in [4.78, 5) is 22.7. The van der Waals surface area contributed by atoms with E-state index in [0.717, 1.165) is 11.3 Å². The van der Waals surface area contributed by atoms with Crippen molar-refractivity contribution in [3.63, 3.8) is 0 Å². The van der Waals surface area contributed by atoms with E-state index < -0.39 is 12.0 Å². The molecule has 0 aliphatic rings. The third-order valence-electron chi connectivity index (χ3n) is 2.37. The molecule has 1 aromatic heterocycles. The number of anilines is 2. The molecule has 2 amide bonds. The van der Waals surface area contributed by atoms with Crippen LogP contribution in [0.25, 0.3) is 0 Å². The van der Waals surface area contributed by atoms with Gasteiger partial charge in [0, 0.05) is 5.69 Å². The van der Waals surface area contributed by atoms with Crippen LogP contribution in [0.3, 0.4) is 0 Å². The number of hydrogen-bond donors (Lipinski definition) is 3. The molecule has 0 saturated carbocycles. The number of nitrogens with one attached hydrogen (secondary N) is 2. The summed E-state index contributed by atoms with van der Waals surface area (Å²) in [5.74, 6) is -1.10. The fourth-order valence-corrected chi connectivity index (χ4v) is 2.28. The van der Waals surface area contributed by atoms with E-state index in [2.05, 4.69) is 10.6 Å². The number of rotatable bonds is 3. The molecule has 0 atom stereocenters. The van der Waals surface area contributed by atoms with Crippen molar-refractivity contribution in [2.24, 2.45) is 0 Å². The molecule has 6 nitrogen and oxygen atoms in total. The Hall–Kier alpha value is -2.85. The number of carboxylic acid groups (broad SMARTS) is 1. The molecular weight excluding hydrogens is 278 g/mol. The van der Waals surface area contributed by atoms with Gasteiger partial charge in [-0.1, -0.05) is 6.07 Å². The standard InChI is InChI=1S/C13H9N3O3S/c14-7-8-2-1-3-9(6-8)15-13(19)16-11-10(12(17)18)4-5-20-11/h1-6H,(H,17,18)(H2,15,16,19). The average Bonchev–Trinajstić information content (AvgIpc) is 2.87. The van der Waals surface area contributed by atoms with Crippen molar-refractivity contribution in [2.75, 3.05) is 10.6 Å². The van der Waals surface area contributed by atoms with Crippen molar-refractivity contribution in [3.8, 4) is 6.07 Å². The Labute approximate surface area is 118 Å². The normalized spacial score (nSPS) is 9.55. The lowest BCUT2D eigenvalue weighted by atomic mass is 10.2. The second kappa shape index (κ2) is 5.86. The van der Waals surface area contributed by atoms with Gasteiger partial charge in [0.2, 0.25) is 0 Å². The van der Waals surface area contributed by atoms with E-state index in [4.69, 9.17) is 10.4 Å². The first-order valence-electron chi connectivity index (χ1n) is 5.49. The fourth-order valence-electron chi connectivity index (χ4n) is 1.51. The molecule has 2 aromatic rings. The van der Waals surface area contributed by atoms with Crippen LogP contribution in [-0.4, -0.2) is 17.1 Å². The van der Waals surface area contributed by atoms with Crippen molar-refractivity contribution in [1.82, 2.24) is 0 Å². The Morgan fingerprint density at radius 3 is 2.75 bits per heavy atom. The van der Waals surface area contributed by atoms with Crippen molar-refractivity contribution >= 4 is 34.0 Å². The number of nitrogens with zero attached hydrogens (tertiary/aromatic N) is 1. The molecule has 0 unspecified atom stereocenters. The van der Waals surface area contributed by atoms with Crippen molar-refractivity contribution in [2.45, 2.75) is 0 Å². The Morgan fingerprint density at radius 2 is 2.05 bits per heavy atom. The van der Waals surface area contributed by atoms with Gasteiger partial charge in [-0.05, 0) is 29.6 Å². The lowest BCUT2D eigenvalue weighted by Crippen LogP contribution is -2.20. The zero-order valence-corrected chi connectivity index (χ0v) is 10.9. The van der Waals surface area contributed by atoms with Gasteiger partial charge in [0.05, 0.1) is 17.2 Å². The van der Waals surface area contributed by atoms with Crippen LogP contribution < -0.4 is 10.6 Å². The predicted molar refractivity (Wildman–Crippen MR) is 75.1 cm³/mol. The highest BCUT2D eigenvalue weighted by molar-refractivity contribution is 7.14. The third kappa shape index (κ3) is 3.13. The average molecular weight is 287 g/mol. The summed E-state index contributed by atoms with van der Waals surface area (Å²) in [5, 5.41) is 24.5. The molecule has 1 aromatic carbocycles. The van der Waals surface area contributed by atoms with E-state index >= 15 is 0 Å². The minimum atomic E-state index is -1.10. The van der Waals surface area contributed by atoms with Crippen LogP contribution in [0.4, 0.5) is 15.5 Å². The molecule has 100 valence electrons. The number of nitriles is 1. The van der Waals surface area contributed by atoms with Crippen LogP contribution in [0.2, 0.25) is 0 Å². The minimum absolute atomic E-state index is 0.0379. The molecule has 3 N–H and O–H groups in total. The molecular formula is C13H9N3O3S. The maximum atomic E-state index is 11.8. The van der Waals surface area contributed by atoms with Crippen LogP contribution in [0, 0.1) is 11.3 Å². The SMILES string of the molecule is N#Cc1cccc(NC(=O)Nc2sccc2C(=O)O)c1. The molecule has 2 rings (SSSR count). The summed E-state index contributed by atoms with van der Waals surface area (Å²) in [5.41, 5.74) is 0.913. The molecule has 20 heavy (non-hydrogen) atoms. The second-order valence-electron chi connectivity index (χ2n) is 3.74. The van der Waals surface area contributed by atoms with Gasteiger partial charge in [0.25, 0.3) is 0 Å². The van der Waals surface area contributed by atoms with E-state index in [9.17, 15) is 9.59 Å². The van der Waals surface area contributed by atoms with Crippen molar-refractivity contribution < 1.29 is 14.7 Å². The van der Waals surface area contributed by atoms with Gasteiger partial charge in [-0.2, -0.15) is 5.26 Å². The Morgan fingerprint density at radius 1 is 1.25 bits per heavy atom. The van der Waals surface area contributed by atoms with Crippen LogP contribution in [0.1, 0.15) is 15.9 Å². The van der Waals surface area contributed by atoms with E-state index in [1.165, 1.54) is 12.1 Å². The number of thiophene rings is 1. The Balaban J connectivity index is 2.07. The first kappa shape index (κ1) is 13.6. The van der Waals surface area contributed by atoms with Crippen molar-refractivity contribution in [1.29, 1.82) is 5.26 Å². The topological polar surface area (TPSA) is 102 Å². The summed E-state index contributed by atoms with van der Waals surface area (Å²) < 4.78 is 0. The molecule has 0 aliphatic carbocycles. The highest BCUT2D eigenvalue weighted by Gasteiger charge is 2.13. The largest absolute Gasteiger partial charge is 0.478 e. The number of aromatic carboxylic acids is 1. The van der Waals surface area contributed by atoms with E-state index in [1.54, 1.807) is 23.6 Å². The zero-order valence-electron chi connectivity index (χ0n) is 10.1. The van der Waals surface area contributed by atoms with E-state index in [0.29, 0.717) is 11.3 Å². The van der Waals surface area contributed by atoms with Gasteiger partial charge in [-0.15, -0.1) is 11.3 Å². The number of amides is 2. The summed E-state index contributed by atoms with van der Waals surface area (Å²) >= 11 is 1.12. The molecule has 0 spiro atoms. The smallest absolute Gasteiger partial charge is 0.338 e. The highest BCUT2D eigenvalue weighted by atomic mass is 32.1. The van der Waals surface area contributed by atoms with E-state index in [-0.39, 0.29) is 10.6 Å². The van der Waals surface area contributed by atoms with Gasteiger partial charge in [0.15, 0.2) is 0 Å². The zero-order chi connectivity index (χ0) is 14.5. The third-order valence-corrected chi connectivity index (χ3v) is 3.20. The van der Waals surface area contributed by atoms with Gasteiger partial charge < -0.3 is 10.4 Å². The van der Waals surface area contributed by atoms with Gasteiger partial charge in [-0.3, -0.25) is 5.32 Å². The summed E-state index contributed by atoms with van der Waals surface area (Å²) in [7, 11) is 0. The summed E-state index contributed by atoms with van der Waals surface area (Å²) in [6.45, 7) is 0. The number of urea groups is 1. The first-order chi connectivity index (χ1) is 9.60. The van der Waals surface area contributed by atoms with Crippen LogP contribution >= 0.6 is 11.3 Å². The Kier molecular flexibility index (Phi) is 3.98. The second-order valence-corrected chi connectivity index (χ2v) is 4.66. The quantitative estimate of drug-likeness (QED) is 0.807. The van der Waals surface area contributed by atoms with Crippen LogP contribution in [-0.2, 0) is 0 Å². The van der Waals surface area contributed by atoms with Gasteiger partial charge in [0.1, 0.15) is 5.00 Å². The molecule has 7 heteroatoms. The highest BCUT2D eigenvalue weighted by Crippen LogP contribution is 2.23. The Bertz CT molecular complexity index is 703. The fraction of sp³-hybridized carbons (Fsp3) is 0. The van der Waals surface area contributed by atoms with Gasteiger partial charge >= 0.3 is 12.0 Å². The lowest BCUT2D eigenvalue weighted by Gasteiger charge is -2.07. The molecule has 0 aliphatic heterocycles. The minimum Gasteiger partial charge on any atom is -0.478 e. The maximum Gasteiger partial charge on any atom is 0.338 e. The predicted octanol–water partition coefficient (Wildman–Crippen LogP) is 2.96. The number of hydrogen-bond acceptors (Lipinski definition) is 4. The number of carboxylic acids is 1. The molecule has 0 saturated heterocycles. The molecule has 0 bridgehead atoms. The van der Waals surface area contributed by atoms with Crippen LogP contribution in [0.5, 0.6) is 0 Å². The maximum absolute atomic E-state index is 11.8. The number of carbonyl (C=O) groups is 2. The summed E-state index contributed by atoms with van der Waals surface area (Å²) in [6, 6.07) is 9.22.